The molecule has 0 fully saturated rings. The molecule has 0 saturated heterocycles. The van der Waals surface area contributed by atoms with Crippen LogP contribution in [0.25, 0.3) is 0 Å². The zero-order valence-electron chi connectivity index (χ0n) is 9.69. The van der Waals surface area contributed by atoms with Crippen LogP contribution in [-0.2, 0) is 13.2 Å². The Kier molecular flexibility index (Phi) is 4.33. The monoisotopic (exact) mass is 382 g/mol. The number of hydrogen-bond donors (Lipinski definition) is 0. The van der Waals surface area contributed by atoms with Gasteiger partial charge in [-0.1, -0.05) is 30.3 Å². The second kappa shape index (κ2) is 5.81. The molecule has 19 heavy (non-hydrogen) atoms. The number of alkyl halides is 3. The van der Waals surface area contributed by atoms with Gasteiger partial charge in [0.25, 0.3) is 0 Å². The van der Waals surface area contributed by atoms with Crippen molar-refractivity contribution in [1.82, 2.24) is 9.78 Å². The lowest BCUT2D eigenvalue weighted by Crippen LogP contribution is -2.18. The van der Waals surface area contributed by atoms with E-state index < -0.39 is 12.7 Å². The molecule has 102 valence electrons. The summed E-state index contributed by atoms with van der Waals surface area (Å²) in [5.74, 6) is 0.216. The summed E-state index contributed by atoms with van der Waals surface area (Å²) in [6.45, 7) is -0.836. The molecule has 0 aliphatic carbocycles. The van der Waals surface area contributed by atoms with Gasteiger partial charge in [-0.25, -0.2) is 0 Å². The van der Waals surface area contributed by atoms with Gasteiger partial charge in [0.05, 0.1) is 3.57 Å². The number of halogens is 4. The summed E-state index contributed by atoms with van der Waals surface area (Å²) >= 11 is 1.90. The van der Waals surface area contributed by atoms with Crippen LogP contribution in [0, 0.1) is 3.57 Å². The minimum absolute atomic E-state index is 0.216. The standard InChI is InChI=1S/C12H10F3IN2O/c13-12(14,15)8-18-6-10(16)11(17-18)19-7-9-4-2-1-3-5-9/h1-6H,7-8H2. The van der Waals surface area contributed by atoms with Gasteiger partial charge in [-0.3, -0.25) is 4.68 Å². The van der Waals surface area contributed by atoms with Crippen LogP contribution in [0.5, 0.6) is 5.88 Å². The Labute approximate surface area is 121 Å². The van der Waals surface area contributed by atoms with E-state index in [9.17, 15) is 13.2 Å². The number of aromatic nitrogens is 2. The van der Waals surface area contributed by atoms with Crippen molar-refractivity contribution in [1.29, 1.82) is 0 Å². The molecule has 1 heterocycles. The second-order valence-corrected chi connectivity index (χ2v) is 5.03. The summed E-state index contributed by atoms with van der Waals surface area (Å²) < 4.78 is 43.5. The third kappa shape index (κ3) is 4.41. The maximum Gasteiger partial charge on any atom is 0.408 e. The van der Waals surface area contributed by atoms with Crippen LogP contribution >= 0.6 is 22.6 Å². The van der Waals surface area contributed by atoms with E-state index in [1.807, 2.05) is 52.9 Å². The molecule has 0 radical (unpaired) electrons. The smallest absolute Gasteiger partial charge is 0.408 e. The highest BCUT2D eigenvalue weighted by Gasteiger charge is 2.29. The molecule has 0 saturated carbocycles. The molecular weight excluding hydrogens is 372 g/mol. The first-order valence-electron chi connectivity index (χ1n) is 5.40. The Morgan fingerprint density at radius 2 is 1.89 bits per heavy atom. The van der Waals surface area contributed by atoms with Crippen molar-refractivity contribution >= 4 is 22.6 Å². The van der Waals surface area contributed by atoms with Crippen LogP contribution in [0.3, 0.4) is 0 Å². The maximum atomic E-state index is 12.2. The summed E-state index contributed by atoms with van der Waals surface area (Å²) in [6.07, 6.45) is -2.97. The van der Waals surface area contributed by atoms with E-state index in [0.29, 0.717) is 3.57 Å². The van der Waals surface area contributed by atoms with Gasteiger partial charge >= 0.3 is 6.18 Å². The van der Waals surface area contributed by atoms with Crippen LogP contribution in [0.1, 0.15) is 5.56 Å². The molecule has 1 aromatic carbocycles. The van der Waals surface area contributed by atoms with Gasteiger partial charge in [-0.15, -0.1) is 5.10 Å². The van der Waals surface area contributed by atoms with Crippen LogP contribution in [0.4, 0.5) is 13.2 Å². The average Bonchev–Trinajstić information content (AvgIpc) is 2.66. The normalized spacial score (nSPS) is 11.6. The lowest BCUT2D eigenvalue weighted by Gasteiger charge is -2.05. The fourth-order valence-corrected chi connectivity index (χ4v) is 2.05. The van der Waals surface area contributed by atoms with E-state index in [1.165, 1.54) is 6.20 Å². The fourth-order valence-electron chi connectivity index (χ4n) is 1.47. The summed E-state index contributed by atoms with van der Waals surface area (Å²) in [5, 5.41) is 3.78. The van der Waals surface area contributed by atoms with E-state index in [4.69, 9.17) is 4.74 Å². The van der Waals surface area contributed by atoms with Crippen molar-refractivity contribution < 1.29 is 17.9 Å². The number of ether oxygens (including phenoxy) is 1. The molecule has 0 N–H and O–H groups in total. The van der Waals surface area contributed by atoms with E-state index in [-0.39, 0.29) is 12.5 Å². The SMILES string of the molecule is FC(F)(F)Cn1cc(I)c(OCc2ccccc2)n1. The van der Waals surface area contributed by atoms with Crippen LogP contribution < -0.4 is 4.74 Å². The van der Waals surface area contributed by atoms with Crippen LogP contribution in [0.15, 0.2) is 36.5 Å². The summed E-state index contributed by atoms with van der Waals surface area (Å²) in [5.41, 5.74) is 0.934. The first kappa shape index (κ1) is 14.2. The Morgan fingerprint density at radius 3 is 2.53 bits per heavy atom. The number of benzene rings is 1. The van der Waals surface area contributed by atoms with Crippen LogP contribution in [-0.4, -0.2) is 16.0 Å². The Morgan fingerprint density at radius 1 is 1.21 bits per heavy atom. The first-order chi connectivity index (χ1) is 8.94. The van der Waals surface area contributed by atoms with Gasteiger partial charge in [-0.2, -0.15) is 13.2 Å². The topological polar surface area (TPSA) is 27.1 Å². The molecule has 0 bridgehead atoms. The van der Waals surface area contributed by atoms with Gasteiger partial charge in [0, 0.05) is 6.20 Å². The zero-order chi connectivity index (χ0) is 13.9. The van der Waals surface area contributed by atoms with Gasteiger partial charge < -0.3 is 4.74 Å². The van der Waals surface area contributed by atoms with Crippen molar-refractivity contribution in [3.63, 3.8) is 0 Å². The molecule has 0 atom stereocenters. The van der Waals surface area contributed by atoms with Crippen molar-refractivity contribution in [2.45, 2.75) is 19.3 Å². The number of nitrogens with zero attached hydrogens (tertiary/aromatic N) is 2. The summed E-state index contributed by atoms with van der Waals surface area (Å²) in [6, 6.07) is 9.36. The molecule has 7 heteroatoms. The number of rotatable bonds is 4. The molecular formula is C12H10F3IN2O. The van der Waals surface area contributed by atoms with Crippen molar-refractivity contribution in [3.05, 3.63) is 45.7 Å². The van der Waals surface area contributed by atoms with E-state index in [2.05, 4.69) is 5.10 Å². The van der Waals surface area contributed by atoms with E-state index >= 15 is 0 Å². The molecule has 0 aliphatic rings. The highest BCUT2D eigenvalue weighted by Crippen LogP contribution is 2.23. The maximum absolute atomic E-state index is 12.2. The molecule has 0 spiro atoms. The Hall–Kier alpha value is -1.25. The molecule has 2 aromatic rings. The predicted molar refractivity (Wildman–Crippen MR) is 71.8 cm³/mol. The lowest BCUT2D eigenvalue weighted by molar-refractivity contribution is -0.142. The van der Waals surface area contributed by atoms with Gasteiger partial charge in [0.2, 0.25) is 5.88 Å². The van der Waals surface area contributed by atoms with Gasteiger partial charge in [0.1, 0.15) is 13.2 Å². The third-order valence-electron chi connectivity index (χ3n) is 2.25. The van der Waals surface area contributed by atoms with E-state index in [0.717, 1.165) is 10.2 Å². The lowest BCUT2D eigenvalue weighted by atomic mass is 10.2. The molecule has 1 aromatic heterocycles. The first-order valence-corrected chi connectivity index (χ1v) is 6.48. The van der Waals surface area contributed by atoms with Crippen LogP contribution in [0.2, 0.25) is 0 Å². The molecule has 3 nitrogen and oxygen atoms in total. The highest BCUT2D eigenvalue weighted by atomic mass is 127. The van der Waals surface area contributed by atoms with Crippen molar-refractivity contribution in [3.8, 4) is 5.88 Å². The minimum atomic E-state index is -4.29. The molecule has 0 aliphatic heterocycles. The van der Waals surface area contributed by atoms with E-state index in [1.54, 1.807) is 0 Å². The molecule has 0 amide bonds. The third-order valence-corrected chi connectivity index (χ3v) is 2.99. The van der Waals surface area contributed by atoms with Crippen molar-refractivity contribution in [2.24, 2.45) is 0 Å². The second-order valence-electron chi connectivity index (χ2n) is 3.87. The van der Waals surface area contributed by atoms with Crippen molar-refractivity contribution in [2.75, 3.05) is 0 Å². The molecule has 0 unspecified atom stereocenters. The number of hydrogen-bond acceptors (Lipinski definition) is 2. The Balaban J connectivity index is 2.01. The fraction of sp³-hybridized carbons (Fsp3) is 0.250. The minimum Gasteiger partial charge on any atom is -0.471 e. The summed E-state index contributed by atoms with van der Waals surface area (Å²) in [4.78, 5) is 0. The molecule has 2 rings (SSSR count). The summed E-state index contributed by atoms with van der Waals surface area (Å²) in [7, 11) is 0. The zero-order valence-corrected chi connectivity index (χ0v) is 11.9. The quantitative estimate of drug-likeness (QED) is 0.756. The Bertz CT molecular complexity index is 540. The van der Waals surface area contributed by atoms with Gasteiger partial charge in [0.15, 0.2) is 0 Å². The largest absolute Gasteiger partial charge is 0.471 e. The average molecular weight is 382 g/mol. The highest BCUT2D eigenvalue weighted by molar-refractivity contribution is 14.1. The predicted octanol–water partition coefficient (Wildman–Crippen LogP) is 3.63. The van der Waals surface area contributed by atoms with Gasteiger partial charge in [-0.05, 0) is 28.2 Å².